The minimum atomic E-state index is -0.0716. The molecule has 2 amide bonds. The summed E-state index contributed by atoms with van der Waals surface area (Å²) < 4.78 is 0. The molecule has 2 N–H and O–H groups in total. The van der Waals surface area contributed by atoms with E-state index in [1.807, 2.05) is 30.0 Å². The second-order valence-electron chi connectivity index (χ2n) is 7.83. The average Bonchev–Trinajstić information content (AvgIpc) is 3.34. The standard InChI is InChI=1S/C22H34N6O2.HI/c1-18(21(30)27-12-6-7-13-27)26-14-16-28(17-15-26)22(23-2)25-11-10-24-20(29)19-8-4-3-5-9-19;/h3-5,8-9,18H,6-7,10-17H2,1-2H3,(H,23,25)(H,24,29);1H. The number of guanidine groups is 1. The van der Waals surface area contributed by atoms with Crippen LogP contribution in [0.4, 0.5) is 0 Å². The van der Waals surface area contributed by atoms with E-state index < -0.39 is 0 Å². The summed E-state index contributed by atoms with van der Waals surface area (Å²) in [5.74, 6) is 1.03. The second kappa shape index (κ2) is 12.8. The van der Waals surface area contributed by atoms with Crippen LogP contribution in [0.3, 0.4) is 0 Å². The molecule has 0 radical (unpaired) electrons. The number of nitrogens with zero attached hydrogens (tertiary/aromatic N) is 4. The van der Waals surface area contributed by atoms with Crippen LogP contribution >= 0.6 is 24.0 Å². The Bertz CT molecular complexity index is 731. The Morgan fingerprint density at radius 2 is 1.55 bits per heavy atom. The van der Waals surface area contributed by atoms with Crippen molar-refractivity contribution >= 4 is 41.8 Å². The van der Waals surface area contributed by atoms with Crippen LogP contribution in [0.1, 0.15) is 30.1 Å². The molecule has 2 saturated heterocycles. The number of piperazine rings is 1. The largest absolute Gasteiger partial charge is 0.354 e. The van der Waals surface area contributed by atoms with Crippen molar-refractivity contribution in [3.05, 3.63) is 35.9 Å². The molecule has 0 spiro atoms. The molecule has 0 aromatic heterocycles. The summed E-state index contributed by atoms with van der Waals surface area (Å²) in [5, 5.41) is 6.24. The summed E-state index contributed by atoms with van der Waals surface area (Å²) in [5.41, 5.74) is 0.663. The highest BCUT2D eigenvalue weighted by atomic mass is 127. The molecular weight excluding hydrogens is 507 g/mol. The van der Waals surface area contributed by atoms with E-state index in [4.69, 9.17) is 0 Å². The first-order chi connectivity index (χ1) is 14.6. The normalized spacial score (nSPS) is 18.3. The van der Waals surface area contributed by atoms with Gasteiger partial charge in [-0.05, 0) is 31.9 Å². The van der Waals surface area contributed by atoms with Gasteiger partial charge in [-0.2, -0.15) is 0 Å². The molecule has 1 aromatic rings. The monoisotopic (exact) mass is 542 g/mol. The van der Waals surface area contributed by atoms with Gasteiger partial charge in [0, 0.05) is 65.0 Å². The molecule has 2 fully saturated rings. The highest BCUT2D eigenvalue weighted by molar-refractivity contribution is 14.0. The van der Waals surface area contributed by atoms with Gasteiger partial charge in [0.15, 0.2) is 5.96 Å². The number of hydrogen-bond acceptors (Lipinski definition) is 4. The second-order valence-corrected chi connectivity index (χ2v) is 7.83. The van der Waals surface area contributed by atoms with Crippen molar-refractivity contribution in [1.29, 1.82) is 0 Å². The Morgan fingerprint density at radius 1 is 0.935 bits per heavy atom. The number of carbonyl (C=O) groups is 2. The molecular formula is C22H35IN6O2. The third-order valence-electron chi connectivity index (χ3n) is 5.88. The van der Waals surface area contributed by atoms with Crippen LogP contribution < -0.4 is 10.6 Å². The van der Waals surface area contributed by atoms with E-state index in [1.54, 1.807) is 19.2 Å². The van der Waals surface area contributed by atoms with Gasteiger partial charge in [-0.25, -0.2) is 0 Å². The summed E-state index contributed by atoms with van der Waals surface area (Å²) in [6, 6.07) is 9.15. The number of rotatable bonds is 6. The summed E-state index contributed by atoms with van der Waals surface area (Å²) in [6.45, 7) is 8.29. The molecule has 1 aromatic carbocycles. The van der Waals surface area contributed by atoms with Crippen LogP contribution in [0.5, 0.6) is 0 Å². The predicted molar refractivity (Wildman–Crippen MR) is 134 cm³/mol. The number of benzene rings is 1. The van der Waals surface area contributed by atoms with Crippen molar-refractivity contribution in [3.8, 4) is 0 Å². The number of amides is 2. The van der Waals surface area contributed by atoms with Gasteiger partial charge in [0.2, 0.25) is 5.91 Å². The fraction of sp³-hybridized carbons (Fsp3) is 0.591. The molecule has 0 saturated carbocycles. The van der Waals surface area contributed by atoms with Gasteiger partial charge in [-0.3, -0.25) is 19.5 Å². The van der Waals surface area contributed by atoms with E-state index in [0.29, 0.717) is 18.7 Å². The van der Waals surface area contributed by atoms with Gasteiger partial charge in [-0.15, -0.1) is 24.0 Å². The molecule has 0 bridgehead atoms. The van der Waals surface area contributed by atoms with Gasteiger partial charge in [0.1, 0.15) is 0 Å². The van der Waals surface area contributed by atoms with Crippen LogP contribution in [0.2, 0.25) is 0 Å². The van der Waals surface area contributed by atoms with Crippen LogP contribution in [0, 0.1) is 0 Å². The van der Waals surface area contributed by atoms with Gasteiger partial charge in [-0.1, -0.05) is 18.2 Å². The smallest absolute Gasteiger partial charge is 0.251 e. The molecule has 3 rings (SSSR count). The Hall–Kier alpha value is -1.88. The molecule has 2 heterocycles. The summed E-state index contributed by atoms with van der Waals surface area (Å²) in [4.78, 5) is 35.6. The van der Waals surface area contributed by atoms with Crippen LogP contribution in [-0.4, -0.2) is 97.9 Å². The molecule has 31 heavy (non-hydrogen) atoms. The van der Waals surface area contributed by atoms with Crippen LogP contribution in [0.15, 0.2) is 35.3 Å². The Morgan fingerprint density at radius 3 is 2.16 bits per heavy atom. The molecule has 1 unspecified atom stereocenters. The fourth-order valence-corrected chi connectivity index (χ4v) is 4.05. The van der Waals surface area contributed by atoms with E-state index in [9.17, 15) is 9.59 Å². The first kappa shape index (κ1) is 25.4. The molecule has 1 atom stereocenters. The number of halogens is 1. The zero-order chi connectivity index (χ0) is 21.3. The van der Waals surface area contributed by atoms with E-state index in [0.717, 1.165) is 58.1 Å². The molecule has 8 nitrogen and oxygen atoms in total. The molecule has 172 valence electrons. The number of nitrogens with one attached hydrogen (secondary N) is 2. The summed E-state index contributed by atoms with van der Waals surface area (Å²) in [6.07, 6.45) is 2.25. The Kier molecular flexibility index (Phi) is 10.5. The fourth-order valence-electron chi connectivity index (χ4n) is 4.05. The highest BCUT2D eigenvalue weighted by Gasteiger charge is 2.30. The zero-order valence-corrected chi connectivity index (χ0v) is 20.9. The van der Waals surface area contributed by atoms with E-state index in [1.165, 1.54) is 0 Å². The summed E-state index contributed by atoms with van der Waals surface area (Å²) in [7, 11) is 1.77. The van der Waals surface area contributed by atoms with Gasteiger partial charge >= 0.3 is 0 Å². The Labute approximate surface area is 202 Å². The van der Waals surface area contributed by atoms with Crippen molar-refractivity contribution < 1.29 is 9.59 Å². The van der Waals surface area contributed by atoms with E-state index >= 15 is 0 Å². The quantitative estimate of drug-likeness (QED) is 0.245. The third kappa shape index (κ3) is 7.06. The minimum absolute atomic E-state index is 0. The van der Waals surface area contributed by atoms with Gasteiger partial charge in [0.05, 0.1) is 6.04 Å². The summed E-state index contributed by atoms with van der Waals surface area (Å²) >= 11 is 0. The first-order valence-electron chi connectivity index (χ1n) is 10.9. The maximum absolute atomic E-state index is 12.6. The van der Waals surface area contributed by atoms with Crippen LogP contribution in [0.25, 0.3) is 0 Å². The van der Waals surface area contributed by atoms with Crippen molar-refractivity contribution in [2.75, 3.05) is 59.4 Å². The maximum Gasteiger partial charge on any atom is 0.251 e. The molecule has 9 heteroatoms. The lowest BCUT2D eigenvalue weighted by Gasteiger charge is -2.39. The van der Waals surface area contributed by atoms with Gasteiger partial charge in [0.25, 0.3) is 5.91 Å². The topological polar surface area (TPSA) is 80.3 Å². The molecule has 2 aliphatic rings. The van der Waals surface area contributed by atoms with Crippen molar-refractivity contribution in [2.24, 2.45) is 4.99 Å². The lowest BCUT2D eigenvalue weighted by atomic mass is 10.2. The van der Waals surface area contributed by atoms with Crippen molar-refractivity contribution in [3.63, 3.8) is 0 Å². The lowest BCUT2D eigenvalue weighted by Crippen LogP contribution is -2.57. The first-order valence-corrected chi connectivity index (χ1v) is 10.9. The number of hydrogen-bond donors (Lipinski definition) is 2. The predicted octanol–water partition coefficient (Wildman–Crippen LogP) is 1.24. The number of likely N-dealkylation sites (tertiary alicyclic amines) is 1. The SMILES string of the molecule is CN=C(NCCNC(=O)c1ccccc1)N1CCN(C(C)C(=O)N2CCCC2)CC1.I. The average molecular weight is 542 g/mol. The maximum atomic E-state index is 12.6. The van der Waals surface area contributed by atoms with E-state index in [-0.39, 0.29) is 41.8 Å². The highest BCUT2D eigenvalue weighted by Crippen LogP contribution is 2.14. The number of aliphatic imine (C=N–C) groups is 1. The lowest BCUT2D eigenvalue weighted by molar-refractivity contribution is -0.135. The van der Waals surface area contributed by atoms with Gasteiger partial charge < -0.3 is 20.4 Å². The molecule has 2 aliphatic heterocycles. The number of carbonyl (C=O) groups excluding carboxylic acids is 2. The van der Waals surface area contributed by atoms with E-state index in [2.05, 4.69) is 25.4 Å². The Balaban J connectivity index is 0.00000341. The van der Waals surface area contributed by atoms with Crippen molar-refractivity contribution in [2.45, 2.75) is 25.8 Å². The molecule has 0 aliphatic carbocycles. The van der Waals surface area contributed by atoms with Crippen LogP contribution in [-0.2, 0) is 4.79 Å². The minimum Gasteiger partial charge on any atom is -0.354 e. The third-order valence-corrected chi connectivity index (χ3v) is 5.88. The zero-order valence-electron chi connectivity index (χ0n) is 18.5. The van der Waals surface area contributed by atoms with Crippen molar-refractivity contribution in [1.82, 2.24) is 25.3 Å².